The van der Waals surface area contributed by atoms with Crippen molar-refractivity contribution in [2.75, 3.05) is 0 Å². The van der Waals surface area contributed by atoms with Crippen molar-refractivity contribution in [3.05, 3.63) is 47.4 Å². The molecule has 1 N–H and O–H groups in total. The average molecular weight is 230 g/mol. The number of aryl methyl sites for hydroxylation is 2. The number of benzene rings is 1. The Bertz CT molecular complexity index is 506. The van der Waals surface area contributed by atoms with Gasteiger partial charge >= 0.3 is 0 Å². The van der Waals surface area contributed by atoms with Gasteiger partial charge in [-0.05, 0) is 19.9 Å². The third kappa shape index (κ3) is 2.79. The maximum Gasteiger partial charge on any atom is 0.222 e. The molecule has 0 saturated heterocycles. The molecule has 0 saturated carbocycles. The van der Waals surface area contributed by atoms with E-state index in [2.05, 4.69) is 9.97 Å². The van der Waals surface area contributed by atoms with Crippen LogP contribution >= 0.6 is 0 Å². The van der Waals surface area contributed by atoms with Crippen molar-refractivity contribution < 1.29 is 9.84 Å². The van der Waals surface area contributed by atoms with Crippen LogP contribution in [0.15, 0.2) is 30.3 Å². The number of aromatic nitrogens is 2. The molecular formula is C13H14N2O2. The first-order chi connectivity index (χ1) is 8.19. The van der Waals surface area contributed by atoms with Gasteiger partial charge in [-0.3, -0.25) is 0 Å². The summed E-state index contributed by atoms with van der Waals surface area (Å²) in [4.78, 5) is 8.37. The van der Waals surface area contributed by atoms with Gasteiger partial charge in [0, 0.05) is 17.3 Å². The summed E-state index contributed by atoms with van der Waals surface area (Å²) in [6.07, 6.45) is 0. The van der Waals surface area contributed by atoms with Gasteiger partial charge in [-0.2, -0.15) is 4.98 Å². The molecule has 4 heteroatoms. The average Bonchev–Trinajstić information content (AvgIpc) is 2.28. The molecule has 17 heavy (non-hydrogen) atoms. The van der Waals surface area contributed by atoms with Gasteiger partial charge in [0.2, 0.25) is 5.88 Å². The number of nitrogens with zero attached hydrogens (tertiary/aromatic N) is 2. The van der Waals surface area contributed by atoms with Crippen molar-refractivity contribution in [3.8, 4) is 11.6 Å². The molecule has 1 aromatic heterocycles. The van der Waals surface area contributed by atoms with Crippen LogP contribution in [-0.2, 0) is 6.61 Å². The summed E-state index contributed by atoms with van der Waals surface area (Å²) in [6.45, 7) is 3.65. The predicted molar refractivity (Wildman–Crippen MR) is 63.9 cm³/mol. The second-order valence-electron chi connectivity index (χ2n) is 3.76. The van der Waals surface area contributed by atoms with E-state index in [1.807, 2.05) is 32.0 Å². The fraction of sp³-hybridized carbons (Fsp3) is 0.231. The van der Waals surface area contributed by atoms with E-state index in [0.29, 0.717) is 17.5 Å². The molecule has 0 fully saturated rings. The van der Waals surface area contributed by atoms with Gasteiger partial charge in [-0.1, -0.05) is 18.2 Å². The Morgan fingerprint density at radius 1 is 1.18 bits per heavy atom. The Morgan fingerprint density at radius 2 is 1.94 bits per heavy atom. The van der Waals surface area contributed by atoms with E-state index in [-0.39, 0.29) is 6.61 Å². The maximum atomic E-state index is 9.19. The highest BCUT2D eigenvalue weighted by Crippen LogP contribution is 2.24. The molecule has 0 aliphatic carbocycles. The largest absolute Gasteiger partial charge is 0.439 e. The number of rotatable bonds is 3. The smallest absolute Gasteiger partial charge is 0.222 e. The third-order valence-corrected chi connectivity index (χ3v) is 2.30. The lowest BCUT2D eigenvalue weighted by Gasteiger charge is -2.09. The second kappa shape index (κ2) is 4.93. The van der Waals surface area contributed by atoms with E-state index >= 15 is 0 Å². The van der Waals surface area contributed by atoms with Gasteiger partial charge < -0.3 is 9.84 Å². The minimum Gasteiger partial charge on any atom is -0.439 e. The Kier molecular flexibility index (Phi) is 3.35. The van der Waals surface area contributed by atoms with E-state index < -0.39 is 0 Å². The van der Waals surface area contributed by atoms with Crippen LogP contribution in [0, 0.1) is 13.8 Å². The van der Waals surface area contributed by atoms with Crippen LogP contribution in [0.1, 0.15) is 17.1 Å². The summed E-state index contributed by atoms with van der Waals surface area (Å²) in [5.74, 6) is 1.78. The molecule has 0 aliphatic heterocycles. The SMILES string of the molecule is Cc1cc(Oc2ccccc2CO)nc(C)n1. The predicted octanol–water partition coefficient (Wildman–Crippen LogP) is 2.38. The highest BCUT2D eigenvalue weighted by Gasteiger charge is 2.05. The normalized spacial score (nSPS) is 10.3. The summed E-state index contributed by atoms with van der Waals surface area (Å²) in [5, 5.41) is 9.19. The van der Waals surface area contributed by atoms with Crippen molar-refractivity contribution in [2.24, 2.45) is 0 Å². The molecule has 0 unspecified atom stereocenters. The van der Waals surface area contributed by atoms with Crippen LogP contribution in [0.5, 0.6) is 11.6 Å². The molecule has 0 aliphatic rings. The van der Waals surface area contributed by atoms with Gasteiger partial charge in [0.05, 0.1) is 6.61 Å². The van der Waals surface area contributed by atoms with Gasteiger partial charge in [0.15, 0.2) is 0 Å². The van der Waals surface area contributed by atoms with Crippen molar-refractivity contribution in [2.45, 2.75) is 20.5 Å². The number of hydrogen-bond donors (Lipinski definition) is 1. The van der Waals surface area contributed by atoms with Crippen LogP contribution in [0.25, 0.3) is 0 Å². The van der Waals surface area contributed by atoms with E-state index in [4.69, 9.17) is 4.74 Å². The first-order valence-corrected chi connectivity index (χ1v) is 5.38. The quantitative estimate of drug-likeness (QED) is 0.879. The Hall–Kier alpha value is -1.94. The van der Waals surface area contributed by atoms with Gasteiger partial charge in [0.25, 0.3) is 0 Å². The molecule has 88 valence electrons. The molecule has 0 atom stereocenters. The number of hydrogen-bond acceptors (Lipinski definition) is 4. The lowest BCUT2D eigenvalue weighted by Crippen LogP contribution is -1.97. The second-order valence-corrected chi connectivity index (χ2v) is 3.76. The van der Waals surface area contributed by atoms with Gasteiger partial charge in [-0.25, -0.2) is 4.98 Å². The standard InChI is InChI=1S/C13H14N2O2/c1-9-7-13(15-10(2)14-9)17-12-6-4-3-5-11(12)8-16/h3-7,16H,8H2,1-2H3. The number of aliphatic hydroxyl groups excluding tert-OH is 1. The highest BCUT2D eigenvalue weighted by molar-refractivity contribution is 5.35. The van der Waals surface area contributed by atoms with Crippen LogP contribution in [-0.4, -0.2) is 15.1 Å². The number of para-hydroxylation sites is 1. The fourth-order valence-corrected chi connectivity index (χ4v) is 1.58. The Labute approximate surface area is 99.9 Å². The van der Waals surface area contributed by atoms with Crippen molar-refractivity contribution in [1.29, 1.82) is 0 Å². The van der Waals surface area contributed by atoms with E-state index in [1.165, 1.54) is 0 Å². The maximum absolute atomic E-state index is 9.19. The summed E-state index contributed by atoms with van der Waals surface area (Å²) in [7, 11) is 0. The molecular weight excluding hydrogens is 216 g/mol. The lowest BCUT2D eigenvalue weighted by atomic mass is 10.2. The monoisotopic (exact) mass is 230 g/mol. The van der Waals surface area contributed by atoms with E-state index in [0.717, 1.165) is 11.3 Å². The van der Waals surface area contributed by atoms with Crippen LogP contribution < -0.4 is 4.74 Å². The highest BCUT2D eigenvalue weighted by atomic mass is 16.5. The molecule has 0 bridgehead atoms. The third-order valence-electron chi connectivity index (χ3n) is 2.30. The van der Waals surface area contributed by atoms with Crippen molar-refractivity contribution >= 4 is 0 Å². The minimum absolute atomic E-state index is 0.0563. The Balaban J connectivity index is 2.31. The molecule has 0 radical (unpaired) electrons. The zero-order chi connectivity index (χ0) is 12.3. The molecule has 2 aromatic rings. The lowest BCUT2D eigenvalue weighted by molar-refractivity contribution is 0.276. The molecule has 0 amide bonds. The zero-order valence-electron chi connectivity index (χ0n) is 9.84. The van der Waals surface area contributed by atoms with Crippen LogP contribution in [0.3, 0.4) is 0 Å². The van der Waals surface area contributed by atoms with Crippen molar-refractivity contribution in [3.63, 3.8) is 0 Å². The van der Waals surface area contributed by atoms with Crippen LogP contribution in [0.4, 0.5) is 0 Å². The first kappa shape index (κ1) is 11.5. The van der Waals surface area contributed by atoms with Gasteiger partial charge in [0.1, 0.15) is 11.6 Å². The molecule has 0 spiro atoms. The van der Waals surface area contributed by atoms with E-state index in [1.54, 1.807) is 12.1 Å². The molecule has 4 nitrogen and oxygen atoms in total. The van der Waals surface area contributed by atoms with Crippen molar-refractivity contribution in [1.82, 2.24) is 9.97 Å². The summed E-state index contributed by atoms with van der Waals surface area (Å²) in [6, 6.07) is 9.10. The van der Waals surface area contributed by atoms with Gasteiger partial charge in [-0.15, -0.1) is 0 Å². The van der Waals surface area contributed by atoms with Crippen LogP contribution in [0.2, 0.25) is 0 Å². The first-order valence-electron chi connectivity index (χ1n) is 5.38. The summed E-state index contributed by atoms with van der Waals surface area (Å²) >= 11 is 0. The molecule has 1 aromatic carbocycles. The molecule has 2 rings (SSSR count). The summed E-state index contributed by atoms with van der Waals surface area (Å²) in [5.41, 5.74) is 1.59. The number of ether oxygens (including phenoxy) is 1. The fourth-order valence-electron chi connectivity index (χ4n) is 1.58. The Morgan fingerprint density at radius 3 is 2.65 bits per heavy atom. The molecule has 1 heterocycles. The summed E-state index contributed by atoms with van der Waals surface area (Å²) < 4.78 is 5.65. The minimum atomic E-state index is -0.0563. The number of aliphatic hydroxyl groups is 1. The topological polar surface area (TPSA) is 55.2 Å². The van der Waals surface area contributed by atoms with E-state index in [9.17, 15) is 5.11 Å². The zero-order valence-corrected chi connectivity index (χ0v) is 9.84.